The van der Waals surface area contributed by atoms with Gasteiger partial charge in [0, 0.05) is 24.2 Å². The number of para-hydroxylation sites is 1. The zero-order chi connectivity index (χ0) is 14.1. The zero-order valence-electron chi connectivity index (χ0n) is 12.4. The van der Waals surface area contributed by atoms with E-state index in [2.05, 4.69) is 35.6 Å². The number of rotatable bonds is 3. The van der Waals surface area contributed by atoms with Crippen LogP contribution in [0.1, 0.15) is 44.7 Å². The molecule has 2 heterocycles. The van der Waals surface area contributed by atoms with Crippen LogP contribution in [0.2, 0.25) is 0 Å². The second-order valence-corrected chi connectivity index (χ2v) is 6.13. The summed E-state index contributed by atoms with van der Waals surface area (Å²) >= 11 is 0. The Balaban J connectivity index is 2.00. The molecule has 20 heavy (non-hydrogen) atoms. The average molecular weight is 274 g/mol. The van der Waals surface area contributed by atoms with Crippen LogP contribution in [0, 0.1) is 5.82 Å². The lowest BCUT2D eigenvalue weighted by atomic mass is 10.1. The molecule has 2 aromatic rings. The Morgan fingerprint density at radius 3 is 2.60 bits per heavy atom. The number of hydrogen-bond donors (Lipinski definition) is 0. The lowest BCUT2D eigenvalue weighted by molar-refractivity contribution is 0.221. The van der Waals surface area contributed by atoms with Gasteiger partial charge in [0.05, 0.1) is 5.52 Å². The molecule has 1 saturated heterocycles. The number of piperidine rings is 1. The van der Waals surface area contributed by atoms with Crippen LogP contribution >= 0.6 is 0 Å². The third-order valence-corrected chi connectivity index (χ3v) is 4.28. The summed E-state index contributed by atoms with van der Waals surface area (Å²) < 4.78 is 16.2. The molecule has 3 rings (SSSR count). The van der Waals surface area contributed by atoms with Crippen molar-refractivity contribution in [2.24, 2.45) is 0 Å². The quantitative estimate of drug-likeness (QED) is 0.808. The molecule has 1 aliphatic rings. The second kappa shape index (κ2) is 5.57. The molecule has 1 fully saturated rings. The van der Waals surface area contributed by atoms with E-state index >= 15 is 0 Å². The molecule has 0 saturated carbocycles. The minimum Gasteiger partial charge on any atom is -0.342 e. The topological polar surface area (TPSA) is 8.17 Å². The molecule has 1 aliphatic heterocycles. The average Bonchev–Trinajstić information content (AvgIpc) is 2.81. The first kappa shape index (κ1) is 13.6. The van der Waals surface area contributed by atoms with Gasteiger partial charge in [-0.3, -0.25) is 4.90 Å². The van der Waals surface area contributed by atoms with E-state index in [-0.39, 0.29) is 11.9 Å². The van der Waals surface area contributed by atoms with Gasteiger partial charge in [-0.05, 0) is 51.4 Å². The first-order chi connectivity index (χ1) is 9.66. The largest absolute Gasteiger partial charge is 0.342 e. The second-order valence-electron chi connectivity index (χ2n) is 6.13. The van der Waals surface area contributed by atoms with Crippen LogP contribution in [0.15, 0.2) is 24.4 Å². The molecule has 0 amide bonds. The Hall–Kier alpha value is -1.35. The van der Waals surface area contributed by atoms with Crippen molar-refractivity contribution in [3.8, 4) is 0 Å². The van der Waals surface area contributed by atoms with E-state index < -0.39 is 0 Å². The molecule has 1 aromatic carbocycles. The van der Waals surface area contributed by atoms with Gasteiger partial charge in [-0.1, -0.05) is 18.6 Å². The predicted octanol–water partition coefficient (Wildman–Crippen LogP) is 4.35. The van der Waals surface area contributed by atoms with Gasteiger partial charge in [-0.25, -0.2) is 4.39 Å². The molecule has 1 aromatic heterocycles. The van der Waals surface area contributed by atoms with Gasteiger partial charge in [-0.15, -0.1) is 0 Å². The molecule has 0 N–H and O–H groups in total. The SMILES string of the molecule is CC(C)n1cc(CN2CCCCC2)c2cccc(F)c21. The Bertz CT molecular complexity index is 594. The highest BCUT2D eigenvalue weighted by atomic mass is 19.1. The molecule has 0 aliphatic carbocycles. The van der Waals surface area contributed by atoms with E-state index in [1.54, 1.807) is 6.07 Å². The van der Waals surface area contributed by atoms with E-state index in [1.165, 1.54) is 37.9 Å². The van der Waals surface area contributed by atoms with Crippen LogP contribution in [-0.2, 0) is 6.54 Å². The molecule has 2 nitrogen and oxygen atoms in total. The van der Waals surface area contributed by atoms with Gasteiger partial charge in [-0.2, -0.15) is 0 Å². The van der Waals surface area contributed by atoms with Gasteiger partial charge in [0.15, 0.2) is 0 Å². The van der Waals surface area contributed by atoms with Crippen LogP contribution in [0.3, 0.4) is 0 Å². The summed E-state index contributed by atoms with van der Waals surface area (Å²) in [4.78, 5) is 2.49. The Morgan fingerprint density at radius 2 is 1.90 bits per heavy atom. The van der Waals surface area contributed by atoms with E-state index in [0.717, 1.165) is 17.4 Å². The number of likely N-dealkylation sites (tertiary alicyclic amines) is 1. The molecule has 3 heteroatoms. The van der Waals surface area contributed by atoms with Crippen molar-refractivity contribution in [1.29, 1.82) is 0 Å². The maximum absolute atomic E-state index is 14.2. The van der Waals surface area contributed by atoms with Gasteiger partial charge in [0.25, 0.3) is 0 Å². The molecule has 108 valence electrons. The lowest BCUT2D eigenvalue weighted by Crippen LogP contribution is -2.28. The third kappa shape index (κ3) is 2.47. The number of nitrogens with zero attached hydrogens (tertiary/aromatic N) is 2. The van der Waals surface area contributed by atoms with Crippen molar-refractivity contribution in [3.05, 3.63) is 35.8 Å². The zero-order valence-corrected chi connectivity index (χ0v) is 12.4. The fraction of sp³-hybridized carbons (Fsp3) is 0.529. The maximum atomic E-state index is 14.2. The number of aromatic nitrogens is 1. The van der Waals surface area contributed by atoms with E-state index in [0.29, 0.717) is 0 Å². The minimum atomic E-state index is -0.110. The lowest BCUT2D eigenvalue weighted by Gasteiger charge is -2.26. The van der Waals surface area contributed by atoms with Crippen LogP contribution < -0.4 is 0 Å². The normalized spacial score (nSPS) is 17.2. The van der Waals surface area contributed by atoms with Gasteiger partial charge in [0.1, 0.15) is 5.82 Å². The highest BCUT2D eigenvalue weighted by molar-refractivity contribution is 5.84. The van der Waals surface area contributed by atoms with Crippen molar-refractivity contribution in [1.82, 2.24) is 9.47 Å². The molecule has 0 atom stereocenters. The summed E-state index contributed by atoms with van der Waals surface area (Å²) in [6.07, 6.45) is 6.07. The van der Waals surface area contributed by atoms with Crippen LogP contribution in [0.25, 0.3) is 10.9 Å². The highest BCUT2D eigenvalue weighted by Crippen LogP contribution is 2.28. The monoisotopic (exact) mass is 274 g/mol. The Labute approximate surface area is 120 Å². The predicted molar refractivity (Wildman–Crippen MR) is 81.4 cm³/mol. The standard InChI is InChI=1S/C17H23FN2/c1-13(2)20-12-14(11-19-9-4-3-5-10-19)15-7-6-8-16(18)17(15)20/h6-8,12-13H,3-5,9-11H2,1-2H3. The fourth-order valence-corrected chi connectivity index (χ4v) is 3.23. The first-order valence-electron chi connectivity index (χ1n) is 7.67. The van der Waals surface area contributed by atoms with Gasteiger partial charge in [0.2, 0.25) is 0 Å². The van der Waals surface area contributed by atoms with E-state index in [4.69, 9.17) is 0 Å². The third-order valence-electron chi connectivity index (χ3n) is 4.28. The Kier molecular flexibility index (Phi) is 3.79. The summed E-state index contributed by atoms with van der Waals surface area (Å²) in [5.74, 6) is -0.110. The first-order valence-corrected chi connectivity index (χ1v) is 7.67. The summed E-state index contributed by atoms with van der Waals surface area (Å²) in [7, 11) is 0. The molecule has 0 bridgehead atoms. The van der Waals surface area contributed by atoms with Crippen molar-refractivity contribution >= 4 is 10.9 Å². The van der Waals surface area contributed by atoms with E-state index in [9.17, 15) is 4.39 Å². The summed E-state index contributed by atoms with van der Waals surface area (Å²) in [5, 5.41) is 1.07. The van der Waals surface area contributed by atoms with Gasteiger partial charge >= 0.3 is 0 Å². The van der Waals surface area contributed by atoms with Crippen molar-refractivity contribution in [3.63, 3.8) is 0 Å². The van der Waals surface area contributed by atoms with Crippen molar-refractivity contribution in [2.45, 2.75) is 45.7 Å². The number of fused-ring (bicyclic) bond motifs is 1. The number of hydrogen-bond acceptors (Lipinski definition) is 1. The highest BCUT2D eigenvalue weighted by Gasteiger charge is 2.17. The van der Waals surface area contributed by atoms with Crippen molar-refractivity contribution < 1.29 is 4.39 Å². The summed E-state index contributed by atoms with van der Waals surface area (Å²) in [6, 6.07) is 5.72. The van der Waals surface area contributed by atoms with Crippen LogP contribution in [-0.4, -0.2) is 22.6 Å². The van der Waals surface area contributed by atoms with Gasteiger partial charge < -0.3 is 4.57 Å². The molecule has 0 spiro atoms. The number of halogens is 1. The smallest absolute Gasteiger partial charge is 0.147 e. The number of benzene rings is 1. The molecular formula is C17H23FN2. The molecular weight excluding hydrogens is 251 g/mol. The van der Waals surface area contributed by atoms with Crippen molar-refractivity contribution in [2.75, 3.05) is 13.1 Å². The summed E-state index contributed by atoms with van der Waals surface area (Å²) in [6.45, 7) is 7.50. The van der Waals surface area contributed by atoms with E-state index in [1.807, 2.05) is 6.07 Å². The fourth-order valence-electron chi connectivity index (χ4n) is 3.23. The minimum absolute atomic E-state index is 0.110. The molecule has 0 radical (unpaired) electrons. The maximum Gasteiger partial charge on any atom is 0.147 e. The Morgan fingerprint density at radius 1 is 1.15 bits per heavy atom. The van der Waals surface area contributed by atoms with Crippen LogP contribution in [0.4, 0.5) is 4.39 Å². The molecule has 0 unspecified atom stereocenters. The van der Waals surface area contributed by atoms with Crippen LogP contribution in [0.5, 0.6) is 0 Å². The summed E-state index contributed by atoms with van der Waals surface area (Å²) in [5.41, 5.74) is 2.02.